The first-order chi connectivity index (χ1) is 10.2. The van der Waals surface area contributed by atoms with E-state index in [4.69, 9.17) is 18.6 Å². The highest BCUT2D eigenvalue weighted by Gasteiger charge is 2.10. The fourth-order valence-corrected chi connectivity index (χ4v) is 2.27. The molecule has 1 aromatic heterocycles. The number of hydrogen-bond donors (Lipinski definition) is 0. The van der Waals surface area contributed by atoms with Crippen molar-refractivity contribution in [3.63, 3.8) is 0 Å². The summed E-state index contributed by atoms with van der Waals surface area (Å²) in [5.41, 5.74) is 1.72. The van der Waals surface area contributed by atoms with Crippen LogP contribution in [0.1, 0.15) is 0 Å². The van der Waals surface area contributed by atoms with Crippen molar-refractivity contribution in [1.29, 1.82) is 0 Å². The Morgan fingerprint density at radius 2 is 1.57 bits per heavy atom. The maximum absolute atomic E-state index is 5.89. The van der Waals surface area contributed by atoms with Crippen molar-refractivity contribution in [2.45, 2.75) is 0 Å². The molecule has 0 amide bonds. The third-order valence-electron chi connectivity index (χ3n) is 3.40. The summed E-state index contributed by atoms with van der Waals surface area (Å²) in [4.78, 5) is 0. The van der Waals surface area contributed by atoms with E-state index < -0.39 is 0 Å². The quantitative estimate of drug-likeness (QED) is 0.722. The molecular weight excluding hydrogens is 268 g/mol. The number of rotatable bonds is 4. The molecule has 4 heteroatoms. The summed E-state index contributed by atoms with van der Waals surface area (Å²) in [5, 5.41) is 1.03. The van der Waals surface area contributed by atoms with E-state index in [0.717, 1.165) is 28.0 Å². The molecule has 0 N–H and O–H groups in total. The highest BCUT2D eigenvalue weighted by atomic mass is 16.5. The molecule has 0 aliphatic rings. The van der Waals surface area contributed by atoms with Gasteiger partial charge < -0.3 is 18.6 Å². The predicted octanol–water partition coefficient (Wildman–Crippen LogP) is 4.13. The van der Waals surface area contributed by atoms with Gasteiger partial charge in [-0.05, 0) is 36.4 Å². The molecular formula is C17H16O4. The average molecular weight is 284 g/mol. The molecule has 0 aliphatic heterocycles. The Morgan fingerprint density at radius 1 is 0.762 bits per heavy atom. The largest absolute Gasteiger partial charge is 0.497 e. The molecule has 0 fully saturated rings. The zero-order valence-electron chi connectivity index (χ0n) is 12.2. The van der Waals surface area contributed by atoms with Gasteiger partial charge in [0.15, 0.2) is 11.5 Å². The van der Waals surface area contributed by atoms with E-state index in [-0.39, 0.29) is 0 Å². The number of fused-ring (bicyclic) bond motifs is 1. The van der Waals surface area contributed by atoms with Crippen LogP contribution < -0.4 is 14.2 Å². The number of hydrogen-bond acceptors (Lipinski definition) is 4. The van der Waals surface area contributed by atoms with Crippen molar-refractivity contribution in [1.82, 2.24) is 0 Å². The van der Waals surface area contributed by atoms with E-state index in [9.17, 15) is 0 Å². The maximum Gasteiger partial charge on any atom is 0.161 e. The molecule has 21 heavy (non-hydrogen) atoms. The number of furan rings is 1. The zero-order valence-corrected chi connectivity index (χ0v) is 12.2. The highest BCUT2D eigenvalue weighted by Crippen LogP contribution is 2.35. The summed E-state index contributed by atoms with van der Waals surface area (Å²) < 4.78 is 21.7. The molecule has 0 bridgehead atoms. The lowest BCUT2D eigenvalue weighted by Gasteiger charge is -2.08. The molecule has 3 aromatic rings. The van der Waals surface area contributed by atoms with E-state index in [1.165, 1.54) is 0 Å². The lowest BCUT2D eigenvalue weighted by Crippen LogP contribution is -1.90. The van der Waals surface area contributed by atoms with Gasteiger partial charge >= 0.3 is 0 Å². The summed E-state index contributed by atoms with van der Waals surface area (Å²) in [7, 11) is 4.87. The number of ether oxygens (including phenoxy) is 3. The van der Waals surface area contributed by atoms with Crippen molar-refractivity contribution >= 4 is 11.0 Å². The molecule has 0 unspecified atom stereocenters. The van der Waals surface area contributed by atoms with Crippen LogP contribution in [0.25, 0.3) is 22.3 Å². The van der Waals surface area contributed by atoms with Gasteiger partial charge in [0.05, 0.1) is 21.3 Å². The topological polar surface area (TPSA) is 40.8 Å². The van der Waals surface area contributed by atoms with Gasteiger partial charge in [0.1, 0.15) is 17.1 Å². The molecule has 4 nitrogen and oxygen atoms in total. The van der Waals surface area contributed by atoms with Gasteiger partial charge in [-0.25, -0.2) is 0 Å². The summed E-state index contributed by atoms with van der Waals surface area (Å²) in [6, 6.07) is 13.5. The van der Waals surface area contributed by atoms with E-state index in [1.54, 1.807) is 21.3 Å². The first kappa shape index (κ1) is 13.4. The van der Waals surface area contributed by atoms with Gasteiger partial charge in [-0.3, -0.25) is 0 Å². The summed E-state index contributed by atoms with van der Waals surface area (Å²) >= 11 is 0. The molecule has 0 saturated heterocycles. The molecule has 2 aromatic carbocycles. The maximum atomic E-state index is 5.89. The second-order valence-corrected chi connectivity index (χ2v) is 4.58. The Bertz CT molecular complexity index is 774. The fourth-order valence-electron chi connectivity index (χ4n) is 2.27. The van der Waals surface area contributed by atoms with Crippen LogP contribution >= 0.6 is 0 Å². The van der Waals surface area contributed by atoms with Crippen LogP contribution in [0.5, 0.6) is 17.2 Å². The number of benzene rings is 2. The first-order valence-electron chi connectivity index (χ1n) is 6.55. The fraction of sp³-hybridized carbons (Fsp3) is 0.176. The van der Waals surface area contributed by atoms with Crippen LogP contribution in [-0.4, -0.2) is 21.3 Å². The Morgan fingerprint density at radius 3 is 2.29 bits per heavy atom. The monoisotopic (exact) mass is 284 g/mol. The first-order valence-corrected chi connectivity index (χ1v) is 6.55. The smallest absolute Gasteiger partial charge is 0.161 e. The SMILES string of the molecule is COc1ccc2cc(-c3ccc(OC)c(OC)c3)oc2c1. The predicted molar refractivity (Wildman–Crippen MR) is 81.3 cm³/mol. The van der Waals surface area contributed by atoms with Crippen LogP contribution in [0.3, 0.4) is 0 Å². The number of methoxy groups -OCH3 is 3. The minimum Gasteiger partial charge on any atom is -0.497 e. The third-order valence-corrected chi connectivity index (χ3v) is 3.40. The molecule has 3 rings (SSSR count). The van der Waals surface area contributed by atoms with E-state index >= 15 is 0 Å². The lowest BCUT2D eigenvalue weighted by molar-refractivity contribution is 0.355. The van der Waals surface area contributed by atoms with Crippen molar-refractivity contribution in [2.24, 2.45) is 0 Å². The van der Waals surface area contributed by atoms with E-state index in [2.05, 4.69) is 0 Å². The molecule has 108 valence electrons. The summed E-state index contributed by atoms with van der Waals surface area (Å²) in [5.74, 6) is 2.92. The van der Waals surface area contributed by atoms with Gasteiger partial charge in [-0.15, -0.1) is 0 Å². The second-order valence-electron chi connectivity index (χ2n) is 4.58. The van der Waals surface area contributed by atoms with Gasteiger partial charge in [0, 0.05) is 17.0 Å². The Kier molecular flexibility index (Phi) is 3.44. The Labute approximate surface area is 122 Å². The highest BCUT2D eigenvalue weighted by molar-refractivity contribution is 5.84. The minimum atomic E-state index is 0.674. The van der Waals surface area contributed by atoms with Crippen molar-refractivity contribution in [3.05, 3.63) is 42.5 Å². The molecule has 0 atom stereocenters. The average Bonchev–Trinajstić information content (AvgIpc) is 2.96. The molecule has 0 saturated carbocycles. The summed E-state index contributed by atoms with van der Waals surface area (Å²) in [6.45, 7) is 0. The Hall–Kier alpha value is -2.62. The van der Waals surface area contributed by atoms with Crippen LogP contribution in [0.4, 0.5) is 0 Å². The van der Waals surface area contributed by atoms with Crippen LogP contribution in [-0.2, 0) is 0 Å². The van der Waals surface area contributed by atoms with Crippen molar-refractivity contribution < 1.29 is 18.6 Å². The third kappa shape index (κ3) is 2.40. The van der Waals surface area contributed by atoms with Gasteiger partial charge in [0.25, 0.3) is 0 Å². The van der Waals surface area contributed by atoms with Crippen molar-refractivity contribution in [3.8, 4) is 28.6 Å². The standard InChI is InChI=1S/C17H16O4/c1-18-13-6-4-11-8-15(21-16(11)10-13)12-5-7-14(19-2)17(9-12)20-3/h4-10H,1-3H3. The Balaban J connectivity index is 2.07. The van der Waals surface area contributed by atoms with Gasteiger partial charge in [-0.1, -0.05) is 0 Å². The molecule has 0 spiro atoms. The molecule has 0 aliphatic carbocycles. The molecule has 0 radical (unpaired) electrons. The minimum absolute atomic E-state index is 0.674. The van der Waals surface area contributed by atoms with Crippen molar-refractivity contribution in [2.75, 3.05) is 21.3 Å². The van der Waals surface area contributed by atoms with Gasteiger partial charge in [-0.2, -0.15) is 0 Å². The lowest BCUT2D eigenvalue weighted by atomic mass is 10.1. The summed E-state index contributed by atoms with van der Waals surface area (Å²) in [6.07, 6.45) is 0. The normalized spacial score (nSPS) is 10.6. The van der Waals surface area contributed by atoms with Crippen LogP contribution in [0.15, 0.2) is 46.9 Å². The molecule has 1 heterocycles. The second kappa shape index (κ2) is 5.40. The zero-order chi connectivity index (χ0) is 14.8. The van der Waals surface area contributed by atoms with Crippen LogP contribution in [0.2, 0.25) is 0 Å². The van der Waals surface area contributed by atoms with E-state index in [1.807, 2.05) is 42.5 Å². The van der Waals surface area contributed by atoms with E-state index in [0.29, 0.717) is 11.5 Å². The van der Waals surface area contributed by atoms with Gasteiger partial charge in [0.2, 0.25) is 0 Å². The van der Waals surface area contributed by atoms with Crippen LogP contribution in [0, 0.1) is 0 Å².